The summed E-state index contributed by atoms with van der Waals surface area (Å²) in [6.45, 7) is 1.84. The Kier molecular flexibility index (Phi) is 2.73. The van der Waals surface area contributed by atoms with Crippen molar-refractivity contribution in [2.75, 3.05) is 5.32 Å². The third-order valence-electron chi connectivity index (χ3n) is 2.13. The summed E-state index contributed by atoms with van der Waals surface area (Å²) in [6, 6.07) is 1.34. The highest BCUT2D eigenvalue weighted by molar-refractivity contribution is 5.85. The first-order chi connectivity index (χ1) is 8.06. The van der Waals surface area contributed by atoms with E-state index in [9.17, 15) is 4.79 Å². The molecule has 0 saturated heterocycles. The van der Waals surface area contributed by atoms with Gasteiger partial charge in [-0.2, -0.15) is 5.10 Å². The predicted molar refractivity (Wildman–Crippen MR) is 60.2 cm³/mol. The number of aryl methyl sites for hydroxylation is 2. The van der Waals surface area contributed by atoms with E-state index in [1.165, 1.54) is 12.3 Å². The molecule has 0 bridgehead atoms. The van der Waals surface area contributed by atoms with E-state index >= 15 is 0 Å². The smallest absolute Gasteiger partial charge is 0.354 e. The molecule has 0 saturated carbocycles. The van der Waals surface area contributed by atoms with E-state index in [0.717, 1.165) is 11.4 Å². The molecule has 0 aliphatic heterocycles. The van der Waals surface area contributed by atoms with Crippen molar-refractivity contribution in [3.63, 3.8) is 0 Å². The van der Waals surface area contributed by atoms with E-state index in [1.807, 2.05) is 6.92 Å². The van der Waals surface area contributed by atoms with Gasteiger partial charge in [0.1, 0.15) is 0 Å². The highest BCUT2D eigenvalue weighted by atomic mass is 16.4. The lowest BCUT2D eigenvalue weighted by Gasteiger charge is -2.02. The molecule has 0 aliphatic carbocycles. The van der Waals surface area contributed by atoms with Gasteiger partial charge in [-0.25, -0.2) is 14.8 Å². The molecule has 17 heavy (non-hydrogen) atoms. The van der Waals surface area contributed by atoms with Gasteiger partial charge in [0, 0.05) is 19.4 Å². The lowest BCUT2D eigenvalue weighted by molar-refractivity contribution is 0.0690. The van der Waals surface area contributed by atoms with Gasteiger partial charge in [-0.3, -0.25) is 4.68 Å². The summed E-state index contributed by atoms with van der Waals surface area (Å²) >= 11 is 0. The second-order valence-electron chi connectivity index (χ2n) is 3.50. The van der Waals surface area contributed by atoms with Crippen LogP contribution in [0.3, 0.4) is 0 Å². The summed E-state index contributed by atoms with van der Waals surface area (Å²) in [5.74, 6) is -0.848. The summed E-state index contributed by atoms with van der Waals surface area (Å²) in [5, 5.41) is 15.9. The molecule has 2 N–H and O–H groups in total. The maximum absolute atomic E-state index is 10.7. The average Bonchev–Trinajstić information content (AvgIpc) is 2.58. The topological polar surface area (TPSA) is 92.9 Å². The zero-order chi connectivity index (χ0) is 12.4. The van der Waals surface area contributed by atoms with E-state index < -0.39 is 5.97 Å². The van der Waals surface area contributed by atoms with Crippen molar-refractivity contribution in [2.24, 2.45) is 7.05 Å². The maximum Gasteiger partial charge on any atom is 0.354 e. The van der Waals surface area contributed by atoms with Crippen molar-refractivity contribution in [1.29, 1.82) is 0 Å². The Morgan fingerprint density at radius 3 is 2.88 bits per heavy atom. The summed E-state index contributed by atoms with van der Waals surface area (Å²) in [5.41, 5.74) is 1.48. The standard InChI is InChI=1S/C10H11N5O2/c1-6-8(5-15(2)14-6)13-10-11-4-3-7(12-10)9(16)17/h3-5H,1-2H3,(H,16,17)(H,11,12,13). The van der Waals surface area contributed by atoms with Crippen LogP contribution in [0.15, 0.2) is 18.5 Å². The fourth-order valence-electron chi connectivity index (χ4n) is 1.38. The van der Waals surface area contributed by atoms with Crippen LogP contribution in [0.4, 0.5) is 11.6 Å². The van der Waals surface area contributed by atoms with Gasteiger partial charge >= 0.3 is 5.97 Å². The zero-order valence-corrected chi connectivity index (χ0v) is 9.38. The molecule has 2 aromatic rings. The van der Waals surface area contributed by atoms with E-state index in [2.05, 4.69) is 20.4 Å². The Morgan fingerprint density at radius 2 is 2.29 bits per heavy atom. The molecule has 0 aliphatic rings. The quantitative estimate of drug-likeness (QED) is 0.820. The number of carboxylic acid groups (broad SMARTS) is 1. The van der Waals surface area contributed by atoms with Crippen LogP contribution in [-0.4, -0.2) is 30.8 Å². The summed E-state index contributed by atoms with van der Waals surface area (Å²) in [7, 11) is 1.80. The van der Waals surface area contributed by atoms with Crippen LogP contribution in [0.1, 0.15) is 16.2 Å². The number of anilines is 2. The molecule has 2 heterocycles. The fourth-order valence-corrected chi connectivity index (χ4v) is 1.38. The average molecular weight is 233 g/mol. The minimum absolute atomic E-state index is 0.0518. The van der Waals surface area contributed by atoms with Crippen molar-refractivity contribution in [3.05, 3.63) is 29.8 Å². The molecule has 88 valence electrons. The predicted octanol–water partition coefficient (Wildman–Crippen LogP) is 0.960. The van der Waals surface area contributed by atoms with Crippen molar-refractivity contribution < 1.29 is 9.90 Å². The summed E-state index contributed by atoms with van der Waals surface area (Å²) < 4.78 is 1.65. The van der Waals surface area contributed by atoms with Gasteiger partial charge in [0.15, 0.2) is 5.69 Å². The molecule has 0 fully saturated rings. The molecule has 0 aromatic carbocycles. The monoisotopic (exact) mass is 233 g/mol. The van der Waals surface area contributed by atoms with E-state index in [1.54, 1.807) is 17.9 Å². The Bertz CT molecular complexity index is 564. The minimum atomic E-state index is -1.08. The Hall–Kier alpha value is -2.44. The molecule has 0 spiro atoms. The largest absolute Gasteiger partial charge is 0.477 e. The van der Waals surface area contributed by atoms with Crippen molar-refractivity contribution >= 4 is 17.6 Å². The van der Waals surface area contributed by atoms with E-state index in [4.69, 9.17) is 5.11 Å². The van der Waals surface area contributed by atoms with Crippen LogP contribution in [0.5, 0.6) is 0 Å². The highest BCUT2D eigenvalue weighted by Gasteiger charge is 2.08. The zero-order valence-electron chi connectivity index (χ0n) is 9.38. The third kappa shape index (κ3) is 2.39. The van der Waals surface area contributed by atoms with E-state index in [0.29, 0.717) is 0 Å². The van der Waals surface area contributed by atoms with Crippen LogP contribution in [0.2, 0.25) is 0 Å². The summed E-state index contributed by atoms with van der Waals surface area (Å²) in [4.78, 5) is 18.5. The second kappa shape index (κ2) is 4.20. The van der Waals surface area contributed by atoms with Gasteiger partial charge in [-0.1, -0.05) is 0 Å². The van der Waals surface area contributed by atoms with Crippen molar-refractivity contribution in [3.8, 4) is 0 Å². The lowest BCUT2D eigenvalue weighted by atomic mass is 10.4. The van der Waals surface area contributed by atoms with E-state index in [-0.39, 0.29) is 11.6 Å². The number of hydrogen-bond donors (Lipinski definition) is 2. The first kappa shape index (κ1) is 11.1. The van der Waals surface area contributed by atoms with Crippen LogP contribution >= 0.6 is 0 Å². The number of aromatic nitrogens is 4. The molecule has 0 atom stereocenters. The normalized spacial score (nSPS) is 10.2. The second-order valence-corrected chi connectivity index (χ2v) is 3.50. The maximum atomic E-state index is 10.7. The number of aromatic carboxylic acids is 1. The molecular formula is C10H11N5O2. The number of carboxylic acids is 1. The molecule has 2 rings (SSSR count). The van der Waals surface area contributed by atoms with Crippen LogP contribution in [0, 0.1) is 6.92 Å². The molecular weight excluding hydrogens is 222 g/mol. The Morgan fingerprint density at radius 1 is 1.53 bits per heavy atom. The van der Waals surface area contributed by atoms with Crippen molar-refractivity contribution in [1.82, 2.24) is 19.7 Å². The van der Waals surface area contributed by atoms with Crippen LogP contribution in [-0.2, 0) is 7.05 Å². The number of carbonyl (C=O) groups is 1. The highest BCUT2D eigenvalue weighted by Crippen LogP contribution is 2.15. The Labute approximate surface area is 97.1 Å². The number of rotatable bonds is 3. The van der Waals surface area contributed by atoms with Crippen LogP contribution < -0.4 is 5.32 Å². The third-order valence-corrected chi connectivity index (χ3v) is 2.13. The van der Waals surface area contributed by atoms with Gasteiger partial charge in [-0.05, 0) is 13.0 Å². The number of nitrogens with one attached hydrogen (secondary N) is 1. The fraction of sp³-hybridized carbons (Fsp3) is 0.200. The van der Waals surface area contributed by atoms with Gasteiger partial charge < -0.3 is 10.4 Å². The SMILES string of the molecule is Cc1nn(C)cc1Nc1nccc(C(=O)O)n1. The molecule has 7 nitrogen and oxygen atoms in total. The first-order valence-corrected chi connectivity index (χ1v) is 4.90. The molecule has 0 unspecified atom stereocenters. The van der Waals surface area contributed by atoms with Gasteiger partial charge in [0.2, 0.25) is 5.95 Å². The molecule has 7 heteroatoms. The molecule has 0 amide bonds. The first-order valence-electron chi connectivity index (χ1n) is 4.90. The van der Waals surface area contributed by atoms with Gasteiger partial charge in [0.25, 0.3) is 0 Å². The Balaban J connectivity index is 2.27. The number of hydrogen-bond acceptors (Lipinski definition) is 5. The van der Waals surface area contributed by atoms with Gasteiger partial charge in [0.05, 0.1) is 11.4 Å². The molecule has 2 aromatic heterocycles. The van der Waals surface area contributed by atoms with Crippen molar-refractivity contribution in [2.45, 2.75) is 6.92 Å². The van der Waals surface area contributed by atoms with Crippen LogP contribution in [0.25, 0.3) is 0 Å². The van der Waals surface area contributed by atoms with Gasteiger partial charge in [-0.15, -0.1) is 0 Å². The summed E-state index contributed by atoms with van der Waals surface area (Å²) in [6.07, 6.45) is 3.16. The molecule has 0 radical (unpaired) electrons. The lowest BCUT2D eigenvalue weighted by Crippen LogP contribution is -2.04. The number of nitrogens with zero attached hydrogens (tertiary/aromatic N) is 4. The minimum Gasteiger partial charge on any atom is -0.477 e.